The van der Waals surface area contributed by atoms with Crippen LogP contribution in [0.3, 0.4) is 0 Å². The van der Waals surface area contributed by atoms with Gasteiger partial charge in [0.2, 0.25) is 11.5 Å². The van der Waals surface area contributed by atoms with Crippen molar-refractivity contribution in [2.45, 2.75) is 6.17 Å². The Morgan fingerprint density at radius 3 is 2.85 bits per heavy atom. The van der Waals surface area contributed by atoms with Gasteiger partial charge in [0.15, 0.2) is 11.3 Å². The van der Waals surface area contributed by atoms with Gasteiger partial charge in [-0.1, -0.05) is 6.08 Å². The standard InChI is InChI=1S/C19H16N2O5/c1-24-17-12-6-8-26-18(12)19(25-2)16(23)14(17)15(22)11-9-20-13-5-3-4-7-21(13)10-11/h3-10,13,23H,1-2H3. The van der Waals surface area contributed by atoms with Crippen LogP contribution in [0.4, 0.5) is 0 Å². The van der Waals surface area contributed by atoms with Gasteiger partial charge in [-0.3, -0.25) is 9.79 Å². The number of fused-ring (bicyclic) bond motifs is 2. The molecule has 1 unspecified atom stereocenters. The number of phenols is 1. The molecular weight excluding hydrogens is 336 g/mol. The molecule has 2 aliphatic rings. The average molecular weight is 352 g/mol. The Balaban J connectivity index is 1.86. The van der Waals surface area contributed by atoms with Crippen molar-refractivity contribution < 1.29 is 23.8 Å². The first-order valence-electron chi connectivity index (χ1n) is 7.92. The molecule has 0 saturated carbocycles. The molecule has 1 aromatic heterocycles. The highest BCUT2D eigenvalue weighted by Crippen LogP contribution is 2.46. The molecule has 1 aromatic carbocycles. The molecule has 2 aliphatic heterocycles. The van der Waals surface area contributed by atoms with Crippen LogP contribution in [0.5, 0.6) is 17.2 Å². The Hall–Kier alpha value is -3.48. The minimum atomic E-state index is -0.425. The van der Waals surface area contributed by atoms with Gasteiger partial charge in [0, 0.05) is 18.6 Å². The molecule has 7 nitrogen and oxygen atoms in total. The molecule has 0 amide bonds. The number of carbonyl (C=O) groups excluding carboxylic acids is 1. The Morgan fingerprint density at radius 1 is 1.27 bits per heavy atom. The molecule has 132 valence electrons. The molecule has 0 radical (unpaired) electrons. The number of aromatic hydroxyl groups is 1. The maximum Gasteiger partial charge on any atom is 0.205 e. The summed E-state index contributed by atoms with van der Waals surface area (Å²) >= 11 is 0. The minimum absolute atomic E-state index is 0.00549. The molecule has 2 aromatic rings. The predicted molar refractivity (Wildman–Crippen MR) is 95.8 cm³/mol. The number of ether oxygens (including phenoxy) is 2. The SMILES string of the molecule is COc1c(C(=O)C2=CN3C=CC=CC3N=C2)c(O)c(OC)c2occc12. The number of ketones is 1. The molecule has 7 heteroatoms. The highest BCUT2D eigenvalue weighted by atomic mass is 16.5. The second kappa shape index (κ2) is 6.11. The third kappa shape index (κ3) is 2.28. The lowest BCUT2D eigenvalue weighted by Gasteiger charge is -2.27. The lowest BCUT2D eigenvalue weighted by molar-refractivity contribution is 0.103. The van der Waals surface area contributed by atoms with E-state index in [0.717, 1.165) is 0 Å². The van der Waals surface area contributed by atoms with Crippen LogP contribution in [-0.4, -0.2) is 42.4 Å². The van der Waals surface area contributed by atoms with Crippen LogP contribution in [0.1, 0.15) is 10.4 Å². The van der Waals surface area contributed by atoms with Crippen LogP contribution < -0.4 is 9.47 Å². The number of hydrogen-bond donors (Lipinski definition) is 1. The molecule has 4 rings (SSSR count). The zero-order valence-corrected chi connectivity index (χ0v) is 14.2. The van der Waals surface area contributed by atoms with Gasteiger partial charge in [0.05, 0.1) is 31.4 Å². The van der Waals surface area contributed by atoms with Gasteiger partial charge in [0.25, 0.3) is 0 Å². The molecular formula is C19H16N2O5. The fraction of sp³-hybridized carbons (Fsp3) is 0.158. The highest BCUT2D eigenvalue weighted by Gasteiger charge is 2.30. The zero-order chi connectivity index (χ0) is 18.3. The second-order valence-corrected chi connectivity index (χ2v) is 5.73. The van der Waals surface area contributed by atoms with Crippen LogP contribution >= 0.6 is 0 Å². The van der Waals surface area contributed by atoms with Gasteiger partial charge in [-0.05, 0) is 18.2 Å². The van der Waals surface area contributed by atoms with Gasteiger partial charge in [0.1, 0.15) is 17.5 Å². The van der Waals surface area contributed by atoms with Crippen LogP contribution in [0, 0.1) is 0 Å². The molecule has 0 saturated heterocycles. The monoisotopic (exact) mass is 352 g/mol. The summed E-state index contributed by atoms with van der Waals surface area (Å²) in [6.45, 7) is 0. The number of furan rings is 1. The van der Waals surface area contributed by atoms with Crippen LogP contribution in [-0.2, 0) is 0 Å². The van der Waals surface area contributed by atoms with Crippen molar-refractivity contribution in [3.05, 3.63) is 54.1 Å². The molecule has 3 heterocycles. The minimum Gasteiger partial charge on any atom is -0.504 e. The van der Waals surface area contributed by atoms with E-state index in [-0.39, 0.29) is 29.0 Å². The maximum absolute atomic E-state index is 13.2. The van der Waals surface area contributed by atoms with Gasteiger partial charge >= 0.3 is 0 Å². The van der Waals surface area contributed by atoms with Crippen molar-refractivity contribution in [2.75, 3.05) is 14.2 Å². The number of rotatable bonds is 4. The van der Waals surface area contributed by atoms with Crippen LogP contribution in [0.2, 0.25) is 0 Å². The first-order valence-corrected chi connectivity index (χ1v) is 7.92. The summed E-state index contributed by atoms with van der Waals surface area (Å²) in [7, 11) is 2.83. The Bertz CT molecular complexity index is 1010. The summed E-state index contributed by atoms with van der Waals surface area (Å²) in [6.07, 6.45) is 11.9. The van der Waals surface area contributed by atoms with E-state index in [9.17, 15) is 9.90 Å². The van der Waals surface area contributed by atoms with Gasteiger partial charge < -0.3 is 23.9 Å². The third-order valence-electron chi connectivity index (χ3n) is 4.31. The summed E-state index contributed by atoms with van der Waals surface area (Å²) < 4.78 is 16.0. The Labute approximate surface area is 149 Å². The van der Waals surface area contributed by atoms with Crippen molar-refractivity contribution in [1.29, 1.82) is 0 Å². The van der Waals surface area contributed by atoms with E-state index in [4.69, 9.17) is 13.9 Å². The first-order chi connectivity index (χ1) is 12.7. The lowest BCUT2D eigenvalue weighted by Crippen LogP contribution is -2.29. The van der Waals surface area contributed by atoms with Crippen molar-refractivity contribution in [3.8, 4) is 17.2 Å². The molecule has 0 spiro atoms. The topological polar surface area (TPSA) is 84.5 Å². The molecule has 0 aliphatic carbocycles. The van der Waals surface area contributed by atoms with E-state index >= 15 is 0 Å². The summed E-state index contributed by atoms with van der Waals surface area (Å²) in [5.41, 5.74) is 0.638. The summed E-state index contributed by atoms with van der Waals surface area (Å²) in [4.78, 5) is 19.3. The van der Waals surface area contributed by atoms with Gasteiger partial charge in [-0.15, -0.1) is 0 Å². The van der Waals surface area contributed by atoms with Crippen LogP contribution in [0.15, 0.2) is 57.9 Å². The van der Waals surface area contributed by atoms with Crippen LogP contribution in [0.25, 0.3) is 11.0 Å². The number of phenolic OH excluding ortho intramolecular Hbond substituents is 1. The smallest absolute Gasteiger partial charge is 0.205 e. The number of benzene rings is 1. The van der Waals surface area contributed by atoms with Crippen molar-refractivity contribution in [3.63, 3.8) is 0 Å². The zero-order valence-electron chi connectivity index (χ0n) is 14.2. The fourth-order valence-corrected chi connectivity index (χ4v) is 3.10. The predicted octanol–water partition coefficient (Wildman–Crippen LogP) is 3.02. The molecule has 0 fully saturated rings. The molecule has 26 heavy (non-hydrogen) atoms. The fourth-order valence-electron chi connectivity index (χ4n) is 3.10. The number of aliphatic imine (C=N–C) groups is 1. The average Bonchev–Trinajstić information content (AvgIpc) is 3.15. The van der Waals surface area contributed by atoms with E-state index in [1.807, 2.05) is 29.3 Å². The third-order valence-corrected chi connectivity index (χ3v) is 4.31. The van der Waals surface area contributed by atoms with Gasteiger partial charge in [-0.2, -0.15) is 0 Å². The first kappa shape index (κ1) is 16.0. The van der Waals surface area contributed by atoms with E-state index in [1.54, 1.807) is 12.3 Å². The summed E-state index contributed by atoms with van der Waals surface area (Å²) in [5, 5.41) is 11.2. The van der Waals surface area contributed by atoms with Crippen molar-refractivity contribution >= 4 is 23.0 Å². The number of Topliss-reactive ketones (excluding diaryl/α,β-unsaturated/α-hetero) is 1. The summed E-state index contributed by atoms with van der Waals surface area (Å²) in [6, 6.07) is 1.66. The molecule has 1 atom stereocenters. The summed E-state index contributed by atoms with van der Waals surface area (Å²) in [5.74, 6) is -0.447. The quantitative estimate of drug-likeness (QED) is 0.852. The lowest BCUT2D eigenvalue weighted by atomic mass is 9.99. The largest absolute Gasteiger partial charge is 0.504 e. The second-order valence-electron chi connectivity index (χ2n) is 5.73. The molecule has 1 N–H and O–H groups in total. The normalized spacial score (nSPS) is 18.0. The van der Waals surface area contributed by atoms with Gasteiger partial charge in [-0.25, -0.2) is 0 Å². The van der Waals surface area contributed by atoms with Crippen molar-refractivity contribution in [1.82, 2.24) is 4.90 Å². The van der Waals surface area contributed by atoms with E-state index in [1.165, 1.54) is 26.7 Å². The van der Waals surface area contributed by atoms with E-state index in [2.05, 4.69) is 4.99 Å². The number of hydrogen-bond acceptors (Lipinski definition) is 7. The number of allylic oxidation sites excluding steroid dienone is 3. The van der Waals surface area contributed by atoms with E-state index < -0.39 is 5.78 Å². The van der Waals surface area contributed by atoms with E-state index in [0.29, 0.717) is 16.5 Å². The highest BCUT2D eigenvalue weighted by molar-refractivity contribution is 6.25. The van der Waals surface area contributed by atoms with Crippen molar-refractivity contribution in [2.24, 2.45) is 4.99 Å². The maximum atomic E-state index is 13.2. The molecule has 0 bridgehead atoms. The Morgan fingerprint density at radius 2 is 2.08 bits per heavy atom. The number of carbonyl (C=O) groups is 1. The number of methoxy groups -OCH3 is 2. The number of nitrogens with zero attached hydrogens (tertiary/aromatic N) is 2. The Kier molecular flexibility index (Phi) is 3.76.